The Morgan fingerprint density at radius 2 is 0.800 bits per heavy atom. The largest absolute Gasteiger partial charge is 0.699 e. The molecule has 11 nitrogen and oxygen atoms in total. The van der Waals surface area contributed by atoms with Crippen molar-refractivity contribution < 1.29 is 40.8 Å². The van der Waals surface area contributed by atoms with Gasteiger partial charge >= 0.3 is 17.6 Å². The predicted molar refractivity (Wildman–Crippen MR) is 219 cm³/mol. The van der Waals surface area contributed by atoms with Gasteiger partial charge in [0, 0.05) is 40.9 Å². The third-order valence-corrected chi connectivity index (χ3v) is 15.3. The van der Waals surface area contributed by atoms with Crippen LogP contribution in [0.3, 0.4) is 0 Å². The number of rotatable bonds is 21. The van der Waals surface area contributed by atoms with Crippen molar-refractivity contribution in [2.45, 2.75) is 81.8 Å². The zero-order chi connectivity index (χ0) is 38.8. The summed E-state index contributed by atoms with van der Waals surface area (Å²) in [5, 5.41) is 1.84. The molecule has 3 atom stereocenters. The molecule has 3 aliphatic rings. The van der Waals surface area contributed by atoms with E-state index in [0.717, 1.165) is 70.8 Å². The fourth-order valence-corrected chi connectivity index (χ4v) is 11.8. The highest BCUT2D eigenvalue weighted by Gasteiger charge is 2.49. The van der Waals surface area contributed by atoms with E-state index in [-0.39, 0.29) is 18.3 Å². The first-order valence-corrected chi connectivity index (χ1v) is 24.3. The van der Waals surface area contributed by atoms with Crippen LogP contribution >= 0.6 is 34.8 Å². The molecule has 0 spiro atoms. The molecule has 304 valence electrons. The lowest BCUT2D eigenvalue weighted by Crippen LogP contribution is -2.55. The van der Waals surface area contributed by atoms with Gasteiger partial charge in [0.05, 0.1) is 44.2 Å². The molecule has 16 heteroatoms. The third-order valence-electron chi connectivity index (χ3n) is 9.17. The van der Waals surface area contributed by atoms with Crippen LogP contribution in [0.1, 0.15) is 51.4 Å². The molecule has 3 aromatic rings. The fourth-order valence-electron chi connectivity index (χ4n) is 6.23. The minimum Gasteiger partial charge on any atom is -0.483 e. The summed E-state index contributed by atoms with van der Waals surface area (Å²) in [5.74, 6) is 1.79. The number of benzene rings is 3. The molecule has 3 saturated heterocycles. The molecule has 3 unspecified atom stereocenters. The Hall–Kier alpha value is -1.96. The van der Waals surface area contributed by atoms with Crippen molar-refractivity contribution in [2.75, 3.05) is 52.7 Å². The van der Waals surface area contributed by atoms with E-state index in [4.69, 9.17) is 87.0 Å². The third kappa shape index (κ3) is 15.4. The average molecular weight is 858 g/mol. The molecule has 3 aromatic carbocycles. The van der Waals surface area contributed by atoms with Crippen LogP contribution in [-0.4, -0.2) is 88.7 Å². The first-order valence-electron chi connectivity index (χ1n) is 19.3. The topological polar surface area (TPSA) is 135 Å². The Labute approximate surface area is 342 Å². The second-order valence-electron chi connectivity index (χ2n) is 13.7. The Morgan fingerprint density at radius 1 is 0.491 bits per heavy atom. The molecule has 0 aliphatic carbocycles. The summed E-state index contributed by atoms with van der Waals surface area (Å²) < 4.78 is 55.2. The Morgan fingerprint density at radius 3 is 1.07 bits per heavy atom. The minimum atomic E-state index is -3.30. The van der Waals surface area contributed by atoms with Crippen LogP contribution in [0.25, 0.3) is 0 Å². The second-order valence-corrected chi connectivity index (χ2v) is 20.2. The number of ether oxygens (including phenoxy) is 3. The van der Waals surface area contributed by atoms with E-state index in [2.05, 4.69) is 0 Å². The van der Waals surface area contributed by atoms with E-state index < -0.39 is 17.6 Å². The van der Waals surface area contributed by atoms with Crippen LogP contribution < -0.4 is 24.7 Å². The van der Waals surface area contributed by atoms with Crippen LogP contribution in [0.4, 0.5) is 0 Å². The van der Waals surface area contributed by atoms with Gasteiger partial charge in [-0.15, -0.1) is 0 Å². The summed E-state index contributed by atoms with van der Waals surface area (Å²) in [7, 11) is -6.14. The number of halogens is 3. The summed E-state index contributed by atoms with van der Waals surface area (Å²) in [4.78, 5) is 0. The zero-order valence-corrected chi connectivity index (χ0v) is 35.6. The molecule has 0 radical (unpaired) electrons. The molecule has 6 rings (SSSR count). The van der Waals surface area contributed by atoms with Gasteiger partial charge in [-0.25, -0.2) is 0 Å². The van der Waals surface area contributed by atoms with Crippen molar-refractivity contribution in [1.82, 2.24) is 0 Å². The van der Waals surface area contributed by atoms with Gasteiger partial charge in [-0.1, -0.05) is 34.8 Å². The van der Waals surface area contributed by atoms with Gasteiger partial charge in [0.15, 0.2) is 0 Å². The molecule has 4 N–H and O–H groups in total. The molecule has 0 aromatic heterocycles. The molecule has 3 aliphatic heterocycles. The van der Waals surface area contributed by atoms with Crippen LogP contribution in [0.2, 0.25) is 27.2 Å². The van der Waals surface area contributed by atoms with Crippen molar-refractivity contribution in [1.29, 1.82) is 0 Å². The molecule has 0 amide bonds. The lowest BCUT2D eigenvalue weighted by Gasteiger charge is -2.32. The van der Waals surface area contributed by atoms with E-state index >= 15 is 0 Å². The van der Waals surface area contributed by atoms with Gasteiger partial charge in [-0.3, -0.25) is 0 Å². The molecule has 55 heavy (non-hydrogen) atoms. The van der Waals surface area contributed by atoms with E-state index in [0.29, 0.717) is 77.7 Å². The zero-order valence-electron chi connectivity index (χ0n) is 31.4. The summed E-state index contributed by atoms with van der Waals surface area (Å²) in [6.07, 6.45) is 8.36. The normalized spacial score (nSPS) is 20.8. The van der Waals surface area contributed by atoms with Gasteiger partial charge in [0.25, 0.3) is 0 Å². The fraction of sp³-hybridized carbons (Fsp3) is 0.538. The van der Waals surface area contributed by atoms with Crippen molar-refractivity contribution >= 4 is 52.4 Å². The Bertz CT molecular complexity index is 1330. The first-order chi connectivity index (χ1) is 26.8. The maximum absolute atomic E-state index is 6.34. The number of hydrogen-bond donors (Lipinski definition) is 2. The summed E-state index contributed by atoms with van der Waals surface area (Å²) in [6, 6.07) is 22.4. The molecular formula is C39H55Cl3N2O9Si2. The molecule has 3 heterocycles. The van der Waals surface area contributed by atoms with E-state index in [1.807, 2.05) is 0 Å². The van der Waals surface area contributed by atoms with Gasteiger partial charge < -0.3 is 52.2 Å². The monoisotopic (exact) mass is 856 g/mol. The smallest absolute Gasteiger partial charge is 0.483 e. The number of nitrogens with two attached hydrogens (primary N) is 2. The predicted octanol–water partition coefficient (Wildman–Crippen LogP) is 8.33. The van der Waals surface area contributed by atoms with Gasteiger partial charge in [0.1, 0.15) is 17.2 Å². The summed E-state index contributed by atoms with van der Waals surface area (Å²) >= 11 is 18.0. The van der Waals surface area contributed by atoms with Crippen molar-refractivity contribution in [3.63, 3.8) is 0 Å². The van der Waals surface area contributed by atoms with Crippen LogP contribution in [0.15, 0.2) is 72.8 Å². The van der Waals surface area contributed by atoms with Gasteiger partial charge in [-0.2, -0.15) is 0 Å². The summed E-state index contributed by atoms with van der Waals surface area (Å²) in [5.41, 5.74) is 11.6. The van der Waals surface area contributed by atoms with E-state index in [1.54, 1.807) is 72.8 Å². The Balaban J connectivity index is 0.000000212. The quantitative estimate of drug-likeness (QED) is 0.100. The standard InChI is InChI=1S/C21H20Cl3NO3Si.C18H35NO6Si/c22-16-2-8-19(9-3-16)26-29(15-1-14-25,27-20-10-4-17(23)5-11-20)28-21-12-6-18(24)7-13-21;19-8-4-12-26(23-13-16-5-1-9-20-16,24-14-17-6-2-10-21-17)25-15-18-7-3-11-22-18/h2-13H,1,14-15,25H2;16-18H,1-15,19H2. The van der Waals surface area contributed by atoms with E-state index in [1.165, 1.54) is 0 Å². The minimum absolute atomic E-state index is 0.150. The highest BCUT2D eigenvalue weighted by atomic mass is 35.5. The van der Waals surface area contributed by atoms with Gasteiger partial charge in [0.2, 0.25) is 0 Å². The summed E-state index contributed by atoms with van der Waals surface area (Å²) in [6.45, 7) is 5.14. The number of hydrogen-bond acceptors (Lipinski definition) is 11. The Kier molecular flexibility index (Phi) is 18.8. The van der Waals surface area contributed by atoms with Crippen molar-refractivity contribution in [3.8, 4) is 17.2 Å². The lowest BCUT2D eigenvalue weighted by molar-refractivity contribution is -0.0275. The highest BCUT2D eigenvalue weighted by molar-refractivity contribution is 6.63. The maximum atomic E-state index is 6.34. The molecule has 3 fully saturated rings. The average Bonchev–Trinajstić information content (AvgIpc) is 4.02. The van der Waals surface area contributed by atoms with Crippen molar-refractivity contribution in [3.05, 3.63) is 87.9 Å². The van der Waals surface area contributed by atoms with Gasteiger partial charge in [-0.05, 0) is 137 Å². The molecule has 0 saturated carbocycles. The van der Waals surface area contributed by atoms with Crippen LogP contribution in [-0.2, 0) is 27.5 Å². The molecular weight excluding hydrogens is 803 g/mol. The first kappa shape index (κ1) is 44.2. The lowest BCUT2D eigenvalue weighted by atomic mass is 10.2. The SMILES string of the molecule is NCCC[Si](OCC1CCCO1)(OCC1CCCO1)OCC1CCCO1.NCCC[Si](Oc1ccc(Cl)cc1)(Oc1ccc(Cl)cc1)Oc1ccc(Cl)cc1. The second kappa shape index (κ2) is 23.4. The maximum Gasteiger partial charge on any atom is 0.699 e. The molecule has 0 bridgehead atoms. The van der Waals surface area contributed by atoms with Crippen molar-refractivity contribution in [2.24, 2.45) is 11.5 Å². The van der Waals surface area contributed by atoms with E-state index in [9.17, 15) is 0 Å². The van der Waals surface area contributed by atoms with Crippen LogP contribution in [0, 0.1) is 0 Å². The van der Waals surface area contributed by atoms with Crippen LogP contribution in [0.5, 0.6) is 17.2 Å². The highest BCUT2D eigenvalue weighted by Crippen LogP contribution is 2.30.